The number of pyridine rings is 1. The van der Waals surface area contributed by atoms with Crippen LogP contribution in [0.4, 0.5) is 0 Å². The van der Waals surface area contributed by atoms with Gasteiger partial charge in [-0.05, 0) is 37.5 Å². The van der Waals surface area contributed by atoms with E-state index in [1.807, 2.05) is 19.1 Å². The van der Waals surface area contributed by atoms with Gasteiger partial charge in [0.15, 0.2) is 0 Å². The lowest BCUT2D eigenvalue weighted by Crippen LogP contribution is -2.17. The summed E-state index contributed by atoms with van der Waals surface area (Å²) in [6.45, 7) is 2.00. The summed E-state index contributed by atoms with van der Waals surface area (Å²) in [5, 5.41) is 14.2. The van der Waals surface area contributed by atoms with E-state index in [2.05, 4.69) is 15.1 Å². The lowest BCUT2D eigenvalue weighted by Gasteiger charge is -2.15. The predicted octanol–water partition coefficient (Wildman–Crippen LogP) is 2.85. The van der Waals surface area contributed by atoms with E-state index in [0.29, 0.717) is 17.4 Å². The normalized spacial score (nSPS) is 23.5. The molecule has 2 aromatic heterocycles. The van der Waals surface area contributed by atoms with Crippen LogP contribution in [0.3, 0.4) is 0 Å². The Balaban J connectivity index is 1.86. The minimum Gasteiger partial charge on any atom is -0.392 e. The molecule has 2 aromatic rings. The molecule has 1 aliphatic carbocycles. The van der Waals surface area contributed by atoms with Gasteiger partial charge in [0.25, 0.3) is 0 Å². The standard InChI is InChI=1S/C15H19N3O2/c1-10-7-8-16-12(9-10)14-17-15(20-18-14)11-5-3-2-4-6-13(11)19/h7-9,11,13,19H,2-6H2,1H3. The third-order valence-electron chi connectivity index (χ3n) is 3.88. The predicted molar refractivity (Wildman–Crippen MR) is 74.1 cm³/mol. The Morgan fingerprint density at radius 2 is 2.10 bits per heavy atom. The molecule has 106 valence electrons. The fourth-order valence-corrected chi connectivity index (χ4v) is 2.72. The number of hydrogen-bond donors (Lipinski definition) is 1. The van der Waals surface area contributed by atoms with Crippen molar-refractivity contribution >= 4 is 0 Å². The molecule has 3 rings (SSSR count). The fraction of sp³-hybridized carbons (Fsp3) is 0.533. The molecule has 5 nitrogen and oxygen atoms in total. The number of nitrogens with zero attached hydrogens (tertiary/aromatic N) is 3. The van der Waals surface area contributed by atoms with Crippen molar-refractivity contribution in [3.05, 3.63) is 29.8 Å². The Hall–Kier alpha value is -1.75. The molecule has 0 aromatic carbocycles. The zero-order chi connectivity index (χ0) is 13.9. The van der Waals surface area contributed by atoms with E-state index >= 15 is 0 Å². The summed E-state index contributed by atoms with van der Waals surface area (Å²) in [6, 6.07) is 3.86. The highest BCUT2D eigenvalue weighted by molar-refractivity contribution is 5.49. The monoisotopic (exact) mass is 273 g/mol. The number of aliphatic hydroxyl groups is 1. The van der Waals surface area contributed by atoms with Crippen LogP contribution >= 0.6 is 0 Å². The van der Waals surface area contributed by atoms with Gasteiger partial charge in [0, 0.05) is 6.20 Å². The lowest BCUT2D eigenvalue weighted by atomic mass is 9.97. The van der Waals surface area contributed by atoms with E-state index in [9.17, 15) is 5.11 Å². The molecule has 5 heteroatoms. The number of rotatable bonds is 2. The van der Waals surface area contributed by atoms with Gasteiger partial charge in [0.1, 0.15) is 5.69 Å². The van der Waals surface area contributed by atoms with Crippen LogP contribution in [0.2, 0.25) is 0 Å². The first-order valence-electron chi connectivity index (χ1n) is 7.19. The molecule has 0 amide bonds. The smallest absolute Gasteiger partial charge is 0.232 e. The number of aromatic nitrogens is 3. The van der Waals surface area contributed by atoms with Crippen molar-refractivity contribution in [3.8, 4) is 11.5 Å². The Kier molecular flexibility index (Phi) is 3.78. The van der Waals surface area contributed by atoms with Crippen LogP contribution in [0.25, 0.3) is 11.5 Å². The van der Waals surface area contributed by atoms with Crippen molar-refractivity contribution < 1.29 is 9.63 Å². The van der Waals surface area contributed by atoms with Gasteiger partial charge in [-0.3, -0.25) is 4.98 Å². The summed E-state index contributed by atoms with van der Waals surface area (Å²) < 4.78 is 5.36. The van der Waals surface area contributed by atoms with Crippen molar-refractivity contribution in [2.45, 2.75) is 51.0 Å². The topological polar surface area (TPSA) is 72.0 Å². The summed E-state index contributed by atoms with van der Waals surface area (Å²) in [6.07, 6.45) is 6.40. The first-order chi connectivity index (χ1) is 9.74. The van der Waals surface area contributed by atoms with E-state index in [1.54, 1.807) is 6.20 Å². The second-order valence-electron chi connectivity index (χ2n) is 5.49. The van der Waals surface area contributed by atoms with Gasteiger partial charge in [-0.15, -0.1) is 0 Å². The largest absolute Gasteiger partial charge is 0.392 e. The zero-order valence-electron chi connectivity index (χ0n) is 11.6. The van der Waals surface area contributed by atoms with Crippen LogP contribution in [-0.2, 0) is 0 Å². The summed E-state index contributed by atoms with van der Waals surface area (Å²) in [7, 11) is 0. The number of aryl methyl sites for hydroxylation is 1. The fourth-order valence-electron chi connectivity index (χ4n) is 2.72. The maximum absolute atomic E-state index is 10.2. The summed E-state index contributed by atoms with van der Waals surface area (Å²) in [4.78, 5) is 8.70. The van der Waals surface area contributed by atoms with Gasteiger partial charge >= 0.3 is 0 Å². The highest BCUT2D eigenvalue weighted by Gasteiger charge is 2.28. The second-order valence-corrected chi connectivity index (χ2v) is 5.49. The minimum atomic E-state index is -0.378. The van der Waals surface area contributed by atoms with Gasteiger partial charge in [-0.2, -0.15) is 4.98 Å². The van der Waals surface area contributed by atoms with Crippen molar-refractivity contribution in [2.24, 2.45) is 0 Å². The maximum atomic E-state index is 10.2. The van der Waals surface area contributed by atoms with E-state index in [0.717, 1.165) is 37.7 Å². The Labute approximate surface area is 118 Å². The van der Waals surface area contributed by atoms with Gasteiger partial charge in [-0.1, -0.05) is 24.4 Å². The van der Waals surface area contributed by atoms with Crippen LogP contribution in [0.15, 0.2) is 22.9 Å². The van der Waals surface area contributed by atoms with Crippen molar-refractivity contribution in [1.29, 1.82) is 0 Å². The van der Waals surface area contributed by atoms with Gasteiger partial charge in [0.2, 0.25) is 11.7 Å². The molecule has 1 aliphatic rings. The minimum absolute atomic E-state index is 0.0384. The van der Waals surface area contributed by atoms with Gasteiger partial charge < -0.3 is 9.63 Å². The molecule has 2 heterocycles. The van der Waals surface area contributed by atoms with Crippen molar-refractivity contribution in [2.75, 3.05) is 0 Å². The first-order valence-corrected chi connectivity index (χ1v) is 7.19. The van der Waals surface area contributed by atoms with Crippen molar-refractivity contribution in [3.63, 3.8) is 0 Å². The molecule has 1 fully saturated rings. The summed E-state index contributed by atoms with van der Waals surface area (Å²) >= 11 is 0. The highest BCUT2D eigenvalue weighted by Crippen LogP contribution is 2.31. The molecule has 0 aliphatic heterocycles. The van der Waals surface area contributed by atoms with Gasteiger partial charge in [0.05, 0.1) is 12.0 Å². The van der Waals surface area contributed by atoms with E-state index in [4.69, 9.17) is 4.52 Å². The van der Waals surface area contributed by atoms with Crippen molar-refractivity contribution in [1.82, 2.24) is 15.1 Å². The second kappa shape index (κ2) is 5.71. The van der Waals surface area contributed by atoms with E-state index < -0.39 is 0 Å². The number of aliphatic hydroxyl groups excluding tert-OH is 1. The molecule has 2 atom stereocenters. The Morgan fingerprint density at radius 3 is 2.95 bits per heavy atom. The van der Waals surface area contributed by atoms with Crippen LogP contribution in [0.5, 0.6) is 0 Å². The number of hydrogen-bond acceptors (Lipinski definition) is 5. The zero-order valence-corrected chi connectivity index (χ0v) is 11.6. The van der Waals surface area contributed by atoms with Gasteiger partial charge in [-0.25, -0.2) is 0 Å². The van der Waals surface area contributed by atoms with Crippen LogP contribution in [-0.4, -0.2) is 26.3 Å². The first kappa shape index (κ1) is 13.2. The molecule has 0 saturated heterocycles. The SMILES string of the molecule is Cc1ccnc(-c2noc(C3CCCCCC3O)n2)c1. The average Bonchev–Trinajstić information content (AvgIpc) is 2.82. The molecular weight excluding hydrogens is 254 g/mol. The third kappa shape index (κ3) is 2.72. The molecule has 0 radical (unpaired) electrons. The molecule has 20 heavy (non-hydrogen) atoms. The Morgan fingerprint density at radius 1 is 1.25 bits per heavy atom. The molecular formula is C15H19N3O2. The highest BCUT2D eigenvalue weighted by atomic mass is 16.5. The van der Waals surface area contributed by atoms with Crippen LogP contribution < -0.4 is 0 Å². The van der Waals surface area contributed by atoms with E-state index in [-0.39, 0.29) is 12.0 Å². The molecule has 2 unspecified atom stereocenters. The third-order valence-corrected chi connectivity index (χ3v) is 3.88. The lowest BCUT2D eigenvalue weighted by molar-refractivity contribution is 0.119. The quantitative estimate of drug-likeness (QED) is 0.852. The molecule has 0 bridgehead atoms. The summed E-state index contributed by atoms with van der Waals surface area (Å²) in [5.74, 6) is 1.00. The Bertz CT molecular complexity index is 582. The summed E-state index contributed by atoms with van der Waals surface area (Å²) in [5.41, 5.74) is 1.82. The van der Waals surface area contributed by atoms with E-state index in [1.165, 1.54) is 0 Å². The maximum Gasteiger partial charge on any atom is 0.232 e. The molecule has 1 N–H and O–H groups in total. The average molecular weight is 273 g/mol. The molecule has 1 saturated carbocycles. The van der Waals surface area contributed by atoms with Crippen LogP contribution in [0.1, 0.15) is 49.5 Å². The molecule has 0 spiro atoms. The van der Waals surface area contributed by atoms with Crippen LogP contribution in [0, 0.1) is 6.92 Å².